The SMILES string of the molecule is CCc1cccc(CCCCCC2CCCCN2)c1. The number of rotatable bonds is 7. The minimum atomic E-state index is 0.817. The third kappa shape index (κ3) is 5.36. The monoisotopic (exact) mass is 259 g/mol. The van der Waals surface area contributed by atoms with Crippen LogP contribution < -0.4 is 5.32 Å². The maximum Gasteiger partial charge on any atom is 0.00670 e. The van der Waals surface area contributed by atoms with Crippen LogP contribution in [-0.2, 0) is 12.8 Å². The molecule has 0 aromatic heterocycles. The Bertz CT molecular complexity index is 352. The largest absolute Gasteiger partial charge is 0.314 e. The van der Waals surface area contributed by atoms with Crippen LogP contribution in [0, 0.1) is 0 Å². The first-order chi connectivity index (χ1) is 9.38. The van der Waals surface area contributed by atoms with E-state index >= 15 is 0 Å². The van der Waals surface area contributed by atoms with E-state index in [9.17, 15) is 0 Å². The molecule has 0 amide bonds. The van der Waals surface area contributed by atoms with Crippen LogP contribution in [0.1, 0.15) is 63.0 Å². The van der Waals surface area contributed by atoms with E-state index in [1.807, 2.05) is 0 Å². The molecule has 1 aromatic carbocycles. The molecule has 1 aliphatic rings. The molecule has 0 saturated carbocycles. The summed E-state index contributed by atoms with van der Waals surface area (Å²) >= 11 is 0. The zero-order valence-electron chi connectivity index (χ0n) is 12.5. The highest BCUT2D eigenvalue weighted by Crippen LogP contribution is 2.15. The van der Waals surface area contributed by atoms with Gasteiger partial charge in [0.25, 0.3) is 0 Å². The quantitative estimate of drug-likeness (QED) is 0.711. The maximum absolute atomic E-state index is 3.64. The summed E-state index contributed by atoms with van der Waals surface area (Å²) in [4.78, 5) is 0. The van der Waals surface area contributed by atoms with Crippen molar-refractivity contribution in [2.75, 3.05) is 6.54 Å². The predicted octanol–water partition coefficient (Wildman–Crippen LogP) is 4.49. The molecule has 2 rings (SSSR count). The van der Waals surface area contributed by atoms with Gasteiger partial charge in [0.15, 0.2) is 0 Å². The number of hydrogen-bond acceptors (Lipinski definition) is 1. The number of piperidine rings is 1. The van der Waals surface area contributed by atoms with Crippen LogP contribution in [0.4, 0.5) is 0 Å². The van der Waals surface area contributed by atoms with E-state index in [-0.39, 0.29) is 0 Å². The number of unbranched alkanes of at least 4 members (excludes halogenated alkanes) is 2. The molecule has 1 atom stereocenters. The molecule has 1 saturated heterocycles. The Hall–Kier alpha value is -0.820. The molecule has 0 aliphatic carbocycles. The third-order valence-corrected chi connectivity index (χ3v) is 4.33. The topological polar surface area (TPSA) is 12.0 Å². The average molecular weight is 259 g/mol. The fourth-order valence-electron chi connectivity index (χ4n) is 3.07. The molecular weight excluding hydrogens is 230 g/mol. The highest BCUT2D eigenvalue weighted by molar-refractivity contribution is 5.23. The first-order valence-corrected chi connectivity index (χ1v) is 8.19. The lowest BCUT2D eigenvalue weighted by Gasteiger charge is -2.23. The van der Waals surface area contributed by atoms with Gasteiger partial charge in [-0.2, -0.15) is 0 Å². The minimum Gasteiger partial charge on any atom is -0.314 e. The van der Waals surface area contributed by atoms with E-state index in [1.165, 1.54) is 69.0 Å². The van der Waals surface area contributed by atoms with Crippen LogP contribution >= 0.6 is 0 Å². The zero-order chi connectivity index (χ0) is 13.3. The lowest BCUT2D eigenvalue weighted by Crippen LogP contribution is -2.33. The molecule has 0 bridgehead atoms. The van der Waals surface area contributed by atoms with Gasteiger partial charge in [-0.15, -0.1) is 0 Å². The van der Waals surface area contributed by atoms with Gasteiger partial charge in [-0.05, 0) is 56.2 Å². The van der Waals surface area contributed by atoms with Crippen molar-refractivity contribution < 1.29 is 0 Å². The van der Waals surface area contributed by atoms with E-state index < -0.39 is 0 Å². The van der Waals surface area contributed by atoms with Crippen molar-refractivity contribution in [1.82, 2.24) is 5.32 Å². The van der Waals surface area contributed by atoms with Crippen molar-refractivity contribution in [2.45, 2.75) is 70.8 Å². The summed E-state index contributed by atoms with van der Waals surface area (Å²) in [5.74, 6) is 0. The Labute approximate surface area is 118 Å². The molecule has 1 heterocycles. The summed E-state index contributed by atoms with van der Waals surface area (Å²) in [6, 6.07) is 9.92. The molecule has 19 heavy (non-hydrogen) atoms. The normalized spacial score (nSPS) is 19.5. The number of nitrogens with one attached hydrogen (secondary N) is 1. The smallest absolute Gasteiger partial charge is 0.00670 e. The van der Waals surface area contributed by atoms with Gasteiger partial charge in [0.1, 0.15) is 0 Å². The average Bonchev–Trinajstić information content (AvgIpc) is 2.48. The van der Waals surface area contributed by atoms with Crippen molar-refractivity contribution in [3.63, 3.8) is 0 Å². The Morgan fingerprint density at radius 3 is 2.79 bits per heavy atom. The summed E-state index contributed by atoms with van der Waals surface area (Å²) in [5.41, 5.74) is 3.00. The summed E-state index contributed by atoms with van der Waals surface area (Å²) in [5, 5.41) is 3.64. The van der Waals surface area contributed by atoms with Crippen LogP contribution in [0.2, 0.25) is 0 Å². The van der Waals surface area contributed by atoms with E-state index in [4.69, 9.17) is 0 Å². The van der Waals surface area contributed by atoms with Gasteiger partial charge >= 0.3 is 0 Å². The third-order valence-electron chi connectivity index (χ3n) is 4.33. The molecule has 0 radical (unpaired) electrons. The molecule has 1 aromatic rings. The van der Waals surface area contributed by atoms with Gasteiger partial charge in [0.05, 0.1) is 0 Å². The molecule has 1 heteroatoms. The Kier molecular flexibility index (Phi) is 6.43. The van der Waals surface area contributed by atoms with Gasteiger partial charge < -0.3 is 5.32 Å². The molecule has 1 unspecified atom stereocenters. The first kappa shape index (κ1) is 14.6. The summed E-state index contributed by atoms with van der Waals surface area (Å²) in [7, 11) is 0. The predicted molar refractivity (Wildman–Crippen MR) is 83.6 cm³/mol. The number of benzene rings is 1. The van der Waals surface area contributed by atoms with Crippen LogP contribution in [0.25, 0.3) is 0 Å². The molecule has 0 spiro atoms. The molecule has 1 fully saturated rings. The molecule has 1 nitrogen and oxygen atoms in total. The highest BCUT2D eigenvalue weighted by atomic mass is 14.9. The first-order valence-electron chi connectivity index (χ1n) is 8.19. The van der Waals surface area contributed by atoms with Crippen LogP contribution in [0.15, 0.2) is 24.3 Å². The summed E-state index contributed by atoms with van der Waals surface area (Å²) in [6.45, 7) is 3.48. The second kappa shape index (κ2) is 8.37. The van der Waals surface area contributed by atoms with Crippen molar-refractivity contribution in [3.05, 3.63) is 35.4 Å². The molecule has 1 N–H and O–H groups in total. The van der Waals surface area contributed by atoms with E-state index in [1.54, 1.807) is 0 Å². The van der Waals surface area contributed by atoms with Crippen molar-refractivity contribution in [1.29, 1.82) is 0 Å². The van der Waals surface area contributed by atoms with Crippen molar-refractivity contribution >= 4 is 0 Å². The number of aryl methyl sites for hydroxylation is 2. The van der Waals surface area contributed by atoms with Crippen LogP contribution in [0.5, 0.6) is 0 Å². The van der Waals surface area contributed by atoms with E-state index in [2.05, 4.69) is 36.5 Å². The Balaban J connectivity index is 1.58. The standard InChI is InChI=1S/C18H29N/c1-2-16-10-8-11-17(15-16)9-4-3-5-12-18-13-6-7-14-19-18/h8,10-11,15,18-19H,2-7,9,12-14H2,1H3. The van der Waals surface area contributed by atoms with Crippen molar-refractivity contribution in [2.24, 2.45) is 0 Å². The van der Waals surface area contributed by atoms with Crippen LogP contribution in [-0.4, -0.2) is 12.6 Å². The molecule has 106 valence electrons. The lowest BCUT2D eigenvalue weighted by molar-refractivity contribution is 0.371. The Morgan fingerprint density at radius 2 is 2.00 bits per heavy atom. The van der Waals surface area contributed by atoms with E-state index in [0.717, 1.165) is 12.5 Å². The van der Waals surface area contributed by atoms with Gasteiger partial charge in [0.2, 0.25) is 0 Å². The zero-order valence-corrected chi connectivity index (χ0v) is 12.5. The second-order valence-electron chi connectivity index (χ2n) is 5.92. The number of hydrogen-bond donors (Lipinski definition) is 1. The molecule has 1 aliphatic heterocycles. The Morgan fingerprint density at radius 1 is 1.11 bits per heavy atom. The fourth-order valence-corrected chi connectivity index (χ4v) is 3.07. The van der Waals surface area contributed by atoms with E-state index in [0.29, 0.717) is 0 Å². The fraction of sp³-hybridized carbons (Fsp3) is 0.667. The summed E-state index contributed by atoms with van der Waals surface area (Å²) < 4.78 is 0. The highest BCUT2D eigenvalue weighted by Gasteiger charge is 2.11. The van der Waals surface area contributed by atoms with Gasteiger partial charge in [-0.3, -0.25) is 0 Å². The van der Waals surface area contributed by atoms with Crippen molar-refractivity contribution in [3.8, 4) is 0 Å². The minimum absolute atomic E-state index is 0.817. The second-order valence-corrected chi connectivity index (χ2v) is 5.92. The maximum atomic E-state index is 3.64. The van der Waals surface area contributed by atoms with Gasteiger partial charge in [0, 0.05) is 6.04 Å². The summed E-state index contributed by atoms with van der Waals surface area (Å²) in [6.07, 6.45) is 12.1. The molecular formula is C18H29N. The lowest BCUT2D eigenvalue weighted by atomic mass is 9.98. The van der Waals surface area contributed by atoms with Gasteiger partial charge in [-0.1, -0.05) is 50.5 Å². The van der Waals surface area contributed by atoms with Gasteiger partial charge in [-0.25, -0.2) is 0 Å². The van der Waals surface area contributed by atoms with Crippen LogP contribution in [0.3, 0.4) is 0 Å².